The molecule has 0 saturated heterocycles. The third-order valence-corrected chi connectivity index (χ3v) is 3.95. The van der Waals surface area contributed by atoms with E-state index in [0.29, 0.717) is 6.42 Å². The Balaban J connectivity index is 1.63. The number of nitrogens with one attached hydrogen (secondary N) is 1. The molecule has 108 valence electrons. The first-order chi connectivity index (χ1) is 10.2. The standard InChI is InChI=1S/C18H19NO2/c20-12-13-5-8-17(9-6-13)19-18(21)11-14-4-7-15-2-1-3-16(15)10-14/h4-10,20H,1-3,11-12H2,(H,19,21). The highest BCUT2D eigenvalue weighted by Gasteiger charge is 2.12. The van der Waals surface area contributed by atoms with E-state index >= 15 is 0 Å². The van der Waals surface area contributed by atoms with Crippen LogP contribution in [0.5, 0.6) is 0 Å². The van der Waals surface area contributed by atoms with Crippen molar-refractivity contribution < 1.29 is 9.90 Å². The molecule has 0 spiro atoms. The number of amides is 1. The fraction of sp³-hybridized carbons (Fsp3) is 0.278. The Bertz CT molecular complexity index is 647. The molecule has 0 aromatic heterocycles. The van der Waals surface area contributed by atoms with Crippen LogP contribution in [0.25, 0.3) is 0 Å². The van der Waals surface area contributed by atoms with Crippen LogP contribution in [0, 0.1) is 0 Å². The van der Waals surface area contributed by atoms with Gasteiger partial charge < -0.3 is 10.4 Å². The third-order valence-electron chi connectivity index (χ3n) is 3.95. The van der Waals surface area contributed by atoms with E-state index < -0.39 is 0 Å². The summed E-state index contributed by atoms with van der Waals surface area (Å²) < 4.78 is 0. The number of benzene rings is 2. The fourth-order valence-electron chi connectivity index (χ4n) is 2.82. The van der Waals surface area contributed by atoms with Gasteiger partial charge in [0.25, 0.3) is 0 Å². The molecular formula is C18H19NO2. The molecular weight excluding hydrogens is 262 g/mol. The summed E-state index contributed by atoms with van der Waals surface area (Å²) in [7, 11) is 0. The van der Waals surface area contributed by atoms with Crippen molar-refractivity contribution in [3.05, 3.63) is 64.7 Å². The van der Waals surface area contributed by atoms with Gasteiger partial charge >= 0.3 is 0 Å². The molecule has 2 N–H and O–H groups in total. The predicted octanol–water partition coefficient (Wildman–Crippen LogP) is 2.85. The molecule has 2 aromatic rings. The molecule has 0 bridgehead atoms. The van der Waals surface area contributed by atoms with Gasteiger partial charge in [0, 0.05) is 5.69 Å². The van der Waals surface area contributed by atoms with Crippen LogP contribution in [0.15, 0.2) is 42.5 Å². The third kappa shape index (κ3) is 3.31. The number of hydrogen-bond acceptors (Lipinski definition) is 2. The van der Waals surface area contributed by atoms with Gasteiger partial charge in [0.15, 0.2) is 0 Å². The van der Waals surface area contributed by atoms with Crippen molar-refractivity contribution in [3.8, 4) is 0 Å². The molecule has 0 heterocycles. The molecule has 3 rings (SSSR count). The summed E-state index contributed by atoms with van der Waals surface area (Å²) in [6.45, 7) is 0.0172. The highest BCUT2D eigenvalue weighted by molar-refractivity contribution is 5.92. The quantitative estimate of drug-likeness (QED) is 0.905. The number of aliphatic hydroxyl groups excluding tert-OH is 1. The maximum Gasteiger partial charge on any atom is 0.228 e. The second-order valence-corrected chi connectivity index (χ2v) is 5.54. The molecule has 1 aliphatic carbocycles. The lowest BCUT2D eigenvalue weighted by molar-refractivity contribution is -0.115. The van der Waals surface area contributed by atoms with Crippen molar-refractivity contribution in [3.63, 3.8) is 0 Å². The molecule has 0 fully saturated rings. The molecule has 0 radical (unpaired) electrons. The van der Waals surface area contributed by atoms with Crippen molar-refractivity contribution in [1.82, 2.24) is 0 Å². The zero-order valence-corrected chi connectivity index (χ0v) is 11.9. The highest BCUT2D eigenvalue weighted by atomic mass is 16.3. The molecule has 3 heteroatoms. The van der Waals surface area contributed by atoms with Crippen LogP contribution in [0.3, 0.4) is 0 Å². The molecule has 1 amide bonds. The molecule has 0 saturated carbocycles. The van der Waals surface area contributed by atoms with E-state index in [4.69, 9.17) is 5.11 Å². The Morgan fingerprint density at radius 1 is 1.00 bits per heavy atom. The molecule has 0 unspecified atom stereocenters. The van der Waals surface area contributed by atoms with Gasteiger partial charge in [-0.15, -0.1) is 0 Å². The monoisotopic (exact) mass is 281 g/mol. The molecule has 2 aromatic carbocycles. The normalized spacial score (nSPS) is 13.0. The fourth-order valence-corrected chi connectivity index (χ4v) is 2.82. The summed E-state index contributed by atoms with van der Waals surface area (Å²) in [5, 5.41) is 11.9. The number of aliphatic hydroxyl groups is 1. The Hall–Kier alpha value is -2.13. The molecule has 21 heavy (non-hydrogen) atoms. The van der Waals surface area contributed by atoms with Crippen molar-refractivity contribution in [2.75, 3.05) is 5.32 Å². The number of carbonyl (C=O) groups excluding carboxylic acids is 1. The first-order valence-corrected chi connectivity index (χ1v) is 7.35. The smallest absolute Gasteiger partial charge is 0.228 e. The number of rotatable bonds is 4. The zero-order chi connectivity index (χ0) is 14.7. The van der Waals surface area contributed by atoms with Gasteiger partial charge in [0.05, 0.1) is 13.0 Å². The predicted molar refractivity (Wildman–Crippen MR) is 83.2 cm³/mol. The van der Waals surface area contributed by atoms with E-state index in [2.05, 4.69) is 23.5 Å². The van der Waals surface area contributed by atoms with E-state index in [0.717, 1.165) is 23.2 Å². The summed E-state index contributed by atoms with van der Waals surface area (Å²) in [5.74, 6) is -0.00954. The first-order valence-electron chi connectivity index (χ1n) is 7.35. The maximum absolute atomic E-state index is 12.1. The minimum absolute atomic E-state index is 0.00954. The van der Waals surface area contributed by atoms with Crippen molar-refractivity contribution in [2.24, 2.45) is 0 Å². The van der Waals surface area contributed by atoms with Gasteiger partial charge in [-0.25, -0.2) is 0 Å². The van der Waals surface area contributed by atoms with Crippen LogP contribution < -0.4 is 5.32 Å². The largest absolute Gasteiger partial charge is 0.392 e. The average Bonchev–Trinajstić information content (AvgIpc) is 2.95. The Kier molecular flexibility index (Phi) is 4.02. The van der Waals surface area contributed by atoms with E-state index in [1.807, 2.05) is 24.3 Å². The number of anilines is 1. The van der Waals surface area contributed by atoms with Crippen molar-refractivity contribution in [1.29, 1.82) is 0 Å². The lowest BCUT2D eigenvalue weighted by Crippen LogP contribution is -2.14. The van der Waals surface area contributed by atoms with Crippen LogP contribution in [0.1, 0.15) is 28.7 Å². The van der Waals surface area contributed by atoms with Gasteiger partial charge in [-0.1, -0.05) is 30.3 Å². The van der Waals surface area contributed by atoms with Crippen molar-refractivity contribution in [2.45, 2.75) is 32.3 Å². The summed E-state index contributed by atoms with van der Waals surface area (Å²) >= 11 is 0. The number of fused-ring (bicyclic) bond motifs is 1. The van der Waals surface area contributed by atoms with Gasteiger partial charge in [0.2, 0.25) is 5.91 Å². The average molecular weight is 281 g/mol. The lowest BCUT2D eigenvalue weighted by Gasteiger charge is -2.07. The molecule has 1 aliphatic rings. The van der Waals surface area contributed by atoms with Crippen LogP contribution in [-0.4, -0.2) is 11.0 Å². The molecule has 0 atom stereocenters. The van der Waals surface area contributed by atoms with E-state index in [-0.39, 0.29) is 12.5 Å². The number of hydrogen-bond donors (Lipinski definition) is 2. The first kappa shape index (κ1) is 13.8. The van der Waals surface area contributed by atoms with Crippen LogP contribution in [0.2, 0.25) is 0 Å². The Labute approximate surface area is 124 Å². The second-order valence-electron chi connectivity index (χ2n) is 5.54. The summed E-state index contributed by atoms with van der Waals surface area (Å²) in [6, 6.07) is 13.6. The van der Waals surface area contributed by atoms with Crippen molar-refractivity contribution >= 4 is 11.6 Å². The van der Waals surface area contributed by atoms with Crippen LogP contribution >= 0.6 is 0 Å². The van der Waals surface area contributed by atoms with Gasteiger partial charge in [-0.05, 0) is 53.6 Å². The summed E-state index contributed by atoms with van der Waals surface area (Å²) in [6.07, 6.45) is 3.92. The van der Waals surface area contributed by atoms with E-state index in [1.165, 1.54) is 24.0 Å². The minimum atomic E-state index is -0.00954. The summed E-state index contributed by atoms with van der Waals surface area (Å²) in [4.78, 5) is 12.1. The molecule has 3 nitrogen and oxygen atoms in total. The lowest BCUT2D eigenvalue weighted by atomic mass is 10.0. The maximum atomic E-state index is 12.1. The van der Waals surface area contributed by atoms with Gasteiger partial charge in [-0.3, -0.25) is 4.79 Å². The summed E-state index contributed by atoms with van der Waals surface area (Å²) in [5.41, 5.74) is 5.50. The topological polar surface area (TPSA) is 49.3 Å². The Morgan fingerprint density at radius 2 is 1.71 bits per heavy atom. The van der Waals surface area contributed by atoms with Gasteiger partial charge in [0.1, 0.15) is 0 Å². The second kappa shape index (κ2) is 6.10. The Morgan fingerprint density at radius 3 is 2.48 bits per heavy atom. The van der Waals surface area contributed by atoms with Gasteiger partial charge in [-0.2, -0.15) is 0 Å². The zero-order valence-electron chi connectivity index (χ0n) is 11.9. The highest BCUT2D eigenvalue weighted by Crippen LogP contribution is 2.23. The molecule has 0 aliphatic heterocycles. The van der Waals surface area contributed by atoms with E-state index in [1.54, 1.807) is 0 Å². The number of aryl methyl sites for hydroxylation is 2. The number of carbonyl (C=O) groups is 1. The minimum Gasteiger partial charge on any atom is -0.392 e. The van der Waals surface area contributed by atoms with E-state index in [9.17, 15) is 4.79 Å². The SMILES string of the molecule is O=C(Cc1ccc2c(c1)CCC2)Nc1ccc(CO)cc1. The van der Waals surface area contributed by atoms with Crippen LogP contribution in [-0.2, 0) is 30.7 Å². The van der Waals surface area contributed by atoms with Crippen LogP contribution in [0.4, 0.5) is 5.69 Å².